The van der Waals surface area contributed by atoms with Crippen molar-refractivity contribution < 1.29 is 9.90 Å². The van der Waals surface area contributed by atoms with Crippen LogP contribution in [0.15, 0.2) is 30.3 Å². The molecular formula is C18H15Cl2NO2. The van der Waals surface area contributed by atoms with Gasteiger partial charge in [0.2, 0.25) is 0 Å². The molecule has 5 heteroatoms. The zero-order valence-electron chi connectivity index (χ0n) is 12.7. The van der Waals surface area contributed by atoms with Crippen molar-refractivity contribution in [3.8, 4) is 11.3 Å². The Hall–Kier alpha value is -1.97. The van der Waals surface area contributed by atoms with Crippen molar-refractivity contribution in [3.63, 3.8) is 0 Å². The summed E-state index contributed by atoms with van der Waals surface area (Å²) >= 11 is 12.1. The zero-order chi connectivity index (χ0) is 16.7. The lowest BCUT2D eigenvalue weighted by atomic mass is 10.0. The summed E-state index contributed by atoms with van der Waals surface area (Å²) in [5.41, 5.74) is 5.58. The number of hydrogen-bond donors (Lipinski definition) is 2. The van der Waals surface area contributed by atoms with Crippen molar-refractivity contribution in [2.75, 3.05) is 0 Å². The summed E-state index contributed by atoms with van der Waals surface area (Å²) in [6.07, 6.45) is -0.0575. The highest BCUT2D eigenvalue weighted by Crippen LogP contribution is 2.35. The lowest BCUT2D eigenvalue weighted by Crippen LogP contribution is -2.01. The van der Waals surface area contributed by atoms with Gasteiger partial charge in [0.1, 0.15) is 0 Å². The quantitative estimate of drug-likeness (QED) is 0.667. The number of carboxylic acid groups (broad SMARTS) is 1. The summed E-state index contributed by atoms with van der Waals surface area (Å²) < 4.78 is 0. The number of fused-ring (bicyclic) bond motifs is 1. The lowest BCUT2D eigenvalue weighted by Gasteiger charge is -2.05. The number of hydrogen-bond acceptors (Lipinski definition) is 1. The van der Waals surface area contributed by atoms with Gasteiger partial charge in [-0.3, -0.25) is 4.79 Å². The third-order valence-electron chi connectivity index (χ3n) is 4.15. The molecule has 0 atom stereocenters. The molecule has 0 amide bonds. The third-order valence-corrected chi connectivity index (χ3v) is 4.89. The molecule has 23 heavy (non-hydrogen) atoms. The molecule has 0 saturated heterocycles. The van der Waals surface area contributed by atoms with Crippen LogP contribution >= 0.6 is 23.2 Å². The largest absolute Gasteiger partial charge is 0.481 e. The minimum Gasteiger partial charge on any atom is -0.481 e. The van der Waals surface area contributed by atoms with E-state index in [-0.39, 0.29) is 6.42 Å². The molecule has 0 aliphatic rings. The van der Waals surface area contributed by atoms with E-state index in [1.807, 2.05) is 32.0 Å². The molecule has 3 nitrogen and oxygen atoms in total. The summed E-state index contributed by atoms with van der Waals surface area (Å²) in [4.78, 5) is 14.7. The Bertz CT molecular complexity index is 928. The number of H-pyrrole nitrogens is 1. The van der Waals surface area contributed by atoms with Crippen molar-refractivity contribution in [2.45, 2.75) is 20.3 Å². The van der Waals surface area contributed by atoms with Gasteiger partial charge in [0, 0.05) is 10.9 Å². The van der Waals surface area contributed by atoms with Crippen molar-refractivity contribution in [3.05, 3.63) is 57.1 Å². The summed E-state index contributed by atoms with van der Waals surface area (Å²) in [7, 11) is 0. The average molecular weight is 348 g/mol. The maximum atomic E-state index is 11.3. The normalized spacial score (nSPS) is 11.1. The van der Waals surface area contributed by atoms with E-state index in [0.717, 1.165) is 38.9 Å². The summed E-state index contributed by atoms with van der Waals surface area (Å²) in [6, 6.07) is 9.28. The van der Waals surface area contributed by atoms with Gasteiger partial charge in [-0.2, -0.15) is 0 Å². The first kappa shape index (κ1) is 15.9. The molecule has 0 aliphatic heterocycles. The standard InChI is InChI=1S/C18H15Cl2NO2/c1-9-3-5-12-13(8-16(22)23)18(21-17(12)10(9)2)11-4-6-14(19)15(20)7-11/h3-7,21H,8H2,1-2H3,(H,22,23). The molecule has 0 spiro atoms. The molecular weight excluding hydrogens is 333 g/mol. The van der Waals surface area contributed by atoms with Crippen LogP contribution < -0.4 is 0 Å². The van der Waals surface area contributed by atoms with E-state index < -0.39 is 5.97 Å². The van der Waals surface area contributed by atoms with E-state index in [0.29, 0.717) is 10.0 Å². The number of halogens is 2. The molecule has 0 saturated carbocycles. The fourth-order valence-electron chi connectivity index (χ4n) is 2.80. The van der Waals surface area contributed by atoms with Crippen LogP contribution in [0.2, 0.25) is 10.0 Å². The van der Waals surface area contributed by atoms with Crippen LogP contribution in [-0.4, -0.2) is 16.1 Å². The van der Waals surface area contributed by atoms with E-state index in [4.69, 9.17) is 23.2 Å². The van der Waals surface area contributed by atoms with Gasteiger partial charge in [-0.25, -0.2) is 0 Å². The van der Waals surface area contributed by atoms with Crippen molar-refractivity contribution in [1.82, 2.24) is 4.98 Å². The van der Waals surface area contributed by atoms with E-state index in [9.17, 15) is 9.90 Å². The average Bonchev–Trinajstić information content (AvgIpc) is 2.85. The maximum Gasteiger partial charge on any atom is 0.307 e. The Balaban J connectivity index is 2.31. The molecule has 0 bridgehead atoms. The van der Waals surface area contributed by atoms with Gasteiger partial charge in [0.15, 0.2) is 0 Å². The predicted molar refractivity (Wildman–Crippen MR) is 94.6 cm³/mol. The Morgan fingerprint density at radius 2 is 1.87 bits per heavy atom. The van der Waals surface area contributed by atoms with Crippen LogP contribution in [0.1, 0.15) is 16.7 Å². The van der Waals surface area contributed by atoms with Crippen LogP contribution in [0.5, 0.6) is 0 Å². The first-order valence-electron chi connectivity index (χ1n) is 7.16. The second-order valence-electron chi connectivity index (χ2n) is 5.61. The fourth-order valence-corrected chi connectivity index (χ4v) is 3.09. The number of aromatic nitrogens is 1. The fraction of sp³-hybridized carbons (Fsp3) is 0.167. The minimum absolute atomic E-state index is 0.0575. The molecule has 1 heterocycles. The molecule has 3 rings (SSSR count). The Morgan fingerprint density at radius 1 is 1.13 bits per heavy atom. The zero-order valence-corrected chi connectivity index (χ0v) is 14.2. The molecule has 1 aromatic heterocycles. The van der Waals surface area contributed by atoms with E-state index >= 15 is 0 Å². The number of aryl methyl sites for hydroxylation is 2. The summed E-state index contributed by atoms with van der Waals surface area (Å²) in [6.45, 7) is 4.06. The highest BCUT2D eigenvalue weighted by Gasteiger charge is 2.18. The van der Waals surface area contributed by atoms with Crippen molar-refractivity contribution in [1.29, 1.82) is 0 Å². The first-order chi connectivity index (χ1) is 10.9. The van der Waals surface area contributed by atoms with Crippen LogP contribution in [-0.2, 0) is 11.2 Å². The third kappa shape index (κ3) is 2.82. The maximum absolute atomic E-state index is 11.3. The lowest BCUT2D eigenvalue weighted by molar-refractivity contribution is -0.136. The van der Waals surface area contributed by atoms with E-state index in [1.54, 1.807) is 12.1 Å². The van der Waals surface area contributed by atoms with Gasteiger partial charge in [-0.05, 0) is 48.2 Å². The Morgan fingerprint density at radius 3 is 2.52 bits per heavy atom. The van der Waals surface area contributed by atoms with Gasteiger partial charge in [0.05, 0.1) is 22.2 Å². The van der Waals surface area contributed by atoms with Gasteiger partial charge in [-0.1, -0.05) is 41.4 Å². The van der Waals surface area contributed by atoms with Crippen LogP contribution in [0.25, 0.3) is 22.2 Å². The molecule has 0 radical (unpaired) electrons. The van der Waals surface area contributed by atoms with E-state index in [1.165, 1.54) is 0 Å². The molecule has 0 fully saturated rings. The smallest absolute Gasteiger partial charge is 0.307 e. The molecule has 3 aromatic rings. The van der Waals surface area contributed by atoms with Crippen LogP contribution in [0.3, 0.4) is 0 Å². The number of aromatic amines is 1. The van der Waals surface area contributed by atoms with E-state index in [2.05, 4.69) is 4.98 Å². The monoisotopic (exact) mass is 347 g/mol. The van der Waals surface area contributed by atoms with Gasteiger partial charge in [0.25, 0.3) is 0 Å². The molecule has 0 unspecified atom stereocenters. The van der Waals surface area contributed by atoms with Crippen molar-refractivity contribution in [2.24, 2.45) is 0 Å². The van der Waals surface area contributed by atoms with Crippen molar-refractivity contribution >= 4 is 40.1 Å². The molecule has 2 N–H and O–H groups in total. The van der Waals surface area contributed by atoms with Gasteiger partial charge < -0.3 is 10.1 Å². The number of benzene rings is 2. The highest BCUT2D eigenvalue weighted by molar-refractivity contribution is 6.42. The number of aliphatic carboxylic acids is 1. The number of carboxylic acids is 1. The predicted octanol–water partition coefficient (Wildman–Crippen LogP) is 5.39. The second kappa shape index (κ2) is 5.91. The first-order valence-corrected chi connectivity index (χ1v) is 7.92. The van der Waals surface area contributed by atoms with Crippen LogP contribution in [0.4, 0.5) is 0 Å². The topological polar surface area (TPSA) is 53.1 Å². The van der Waals surface area contributed by atoms with Crippen LogP contribution in [0, 0.1) is 13.8 Å². The second-order valence-corrected chi connectivity index (χ2v) is 6.42. The minimum atomic E-state index is -0.870. The highest BCUT2D eigenvalue weighted by atomic mass is 35.5. The Kier molecular flexibility index (Phi) is 4.09. The number of carbonyl (C=O) groups is 1. The molecule has 118 valence electrons. The van der Waals surface area contributed by atoms with Gasteiger partial charge in [-0.15, -0.1) is 0 Å². The summed E-state index contributed by atoms with van der Waals surface area (Å²) in [5.74, 6) is -0.870. The summed E-state index contributed by atoms with van der Waals surface area (Å²) in [5, 5.41) is 11.1. The Labute approximate surface area is 143 Å². The van der Waals surface area contributed by atoms with Gasteiger partial charge >= 0.3 is 5.97 Å². The molecule has 2 aromatic carbocycles. The SMILES string of the molecule is Cc1ccc2c(CC(=O)O)c(-c3ccc(Cl)c(Cl)c3)[nH]c2c1C. The number of nitrogens with one attached hydrogen (secondary N) is 1. The number of rotatable bonds is 3. The molecule has 0 aliphatic carbocycles.